The maximum atomic E-state index is 12.1. The molecular formula is C14H7BrCl2N2O. The second-order valence-electron chi connectivity index (χ2n) is 3.89. The van der Waals surface area contributed by atoms with Gasteiger partial charge in [0.1, 0.15) is 6.07 Å². The number of hydrogen-bond donors (Lipinski definition) is 1. The van der Waals surface area contributed by atoms with Gasteiger partial charge in [0.25, 0.3) is 5.91 Å². The number of hydrogen-bond acceptors (Lipinski definition) is 2. The van der Waals surface area contributed by atoms with E-state index in [4.69, 9.17) is 28.5 Å². The van der Waals surface area contributed by atoms with Crippen molar-refractivity contribution in [3.05, 3.63) is 62.0 Å². The largest absolute Gasteiger partial charge is 0.322 e. The number of anilines is 1. The number of halogens is 3. The number of nitrogens with one attached hydrogen (secondary N) is 1. The van der Waals surface area contributed by atoms with Gasteiger partial charge in [0.15, 0.2) is 0 Å². The predicted molar refractivity (Wildman–Crippen MR) is 83.3 cm³/mol. The minimum atomic E-state index is -0.298. The van der Waals surface area contributed by atoms with Crippen molar-refractivity contribution in [3.8, 4) is 6.07 Å². The Morgan fingerprint density at radius 2 is 1.85 bits per heavy atom. The van der Waals surface area contributed by atoms with Crippen molar-refractivity contribution >= 4 is 50.7 Å². The molecule has 0 atom stereocenters. The second-order valence-corrected chi connectivity index (χ2v) is 5.56. The van der Waals surface area contributed by atoms with Crippen LogP contribution in [0.1, 0.15) is 15.9 Å². The van der Waals surface area contributed by atoms with Crippen molar-refractivity contribution in [2.75, 3.05) is 5.32 Å². The first-order valence-corrected chi connectivity index (χ1v) is 7.02. The SMILES string of the molecule is N#Cc1cc(NC(=O)c2ccc(Cl)c(Br)c2)ccc1Cl. The van der Waals surface area contributed by atoms with Crippen LogP contribution in [-0.4, -0.2) is 5.91 Å². The molecule has 3 nitrogen and oxygen atoms in total. The van der Waals surface area contributed by atoms with E-state index >= 15 is 0 Å². The first kappa shape index (κ1) is 14.9. The third-order valence-electron chi connectivity index (χ3n) is 2.53. The fourth-order valence-electron chi connectivity index (χ4n) is 1.53. The summed E-state index contributed by atoms with van der Waals surface area (Å²) in [6, 6.07) is 11.5. The molecular weight excluding hydrogens is 363 g/mol. The van der Waals surface area contributed by atoms with Crippen LogP contribution in [0, 0.1) is 11.3 Å². The summed E-state index contributed by atoms with van der Waals surface area (Å²) < 4.78 is 0.639. The molecule has 0 saturated heterocycles. The molecule has 1 N–H and O–H groups in total. The fraction of sp³-hybridized carbons (Fsp3) is 0. The van der Waals surface area contributed by atoms with E-state index in [1.165, 1.54) is 6.07 Å². The smallest absolute Gasteiger partial charge is 0.255 e. The van der Waals surface area contributed by atoms with Crippen molar-refractivity contribution in [3.63, 3.8) is 0 Å². The lowest BCUT2D eigenvalue weighted by molar-refractivity contribution is 0.102. The van der Waals surface area contributed by atoms with Gasteiger partial charge in [-0.25, -0.2) is 0 Å². The quantitative estimate of drug-likeness (QED) is 0.820. The van der Waals surface area contributed by atoms with Gasteiger partial charge in [-0.3, -0.25) is 4.79 Å². The van der Waals surface area contributed by atoms with Gasteiger partial charge in [-0.2, -0.15) is 5.26 Å². The summed E-state index contributed by atoms with van der Waals surface area (Å²) in [7, 11) is 0. The Labute approximate surface area is 134 Å². The number of nitriles is 1. The molecule has 6 heteroatoms. The third-order valence-corrected chi connectivity index (χ3v) is 4.07. The predicted octanol–water partition coefficient (Wildman–Crippen LogP) is 4.88. The van der Waals surface area contributed by atoms with Crippen LogP contribution in [0.4, 0.5) is 5.69 Å². The topological polar surface area (TPSA) is 52.9 Å². The van der Waals surface area contributed by atoms with E-state index in [-0.39, 0.29) is 5.91 Å². The van der Waals surface area contributed by atoms with Crippen LogP contribution in [0.15, 0.2) is 40.9 Å². The zero-order valence-electron chi connectivity index (χ0n) is 9.95. The van der Waals surface area contributed by atoms with Gasteiger partial charge in [0.2, 0.25) is 0 Å². The van der Waals surface area contributed by atoms with Crippen LogP contribution in [0.25, 0.3) is 0 Å². The zero-order valence-corrected chi connectivity index (χ0v) is 13.1. The molecule has 0 aliphatic carbocycles. The lowest BCUT2D eigenvalue weighted by Crippen LogP contribution is -2.11. The number of nitrogens with zero attached hydrogens (tertiary/aromatic N) is 1. The van der Waals surface area contributed by atoms with Gasteiger partial charge in [-0.1, -0.05) is 23.2 Å². The molecule has 0 aromatic heterocycles. The van der Waals surface area contributed by atoms with Crippen LogP contribution in [0.3, 0.4) is 0 Å². The van der Waals surface area contributed by atoms with E-state index in [1.54, 1.807) is 30.3 Å². The Hall–Kier alpha value is -1.54. The Morgan fingerprint density at radius 1 is 1.15 bits per heavy atom. The molecule has 0 heterocycles. The van der Waals surface area contributed by atoms with Gasteiger partial charge in [-0.05, 0) is 52.3 Å². The lowest BCUT2D eigenvalue weighted by atomic mass is 10.2. The summed E-state index contributed by atoms with van der Waals surface area (Å²) >= 11 is 15.0. The molecule has 20 heavy (non-hydrogen) atoms. The molecule has 1 amide bonds. The van der Waals surface area contributed by atoms with Gasteiger partial charge in [0, 0.05) is 15.7 Å². The highest BCUT2D eigenvalue weighted by atomic mass is 79.9. The number of carbonyl (C=O) groups is 1. The molecule has 0 radical (unpaired) electrons. The Bertz CT molecular complexity index is 726. The van der Waals surface area contributed by atoms with Crippen LogP contribution < -0.4 is 5.32 Å². The molecule has 0 bridgehead atoms. The van der Waals surface area contributed by atoms with E-state index in [0.29, 0.717) is 31.3 Å². The first-order valence-electron chi connectivity index (χ1n) is 5.47. The monoisotopic (exact) mass is 368 g/mol. The van der Waals surface area contributed by atoms with Crippen molar-refractivity contribution in [2.24, 2.45) is 0 Å². The molecule has 0 saturated carbocycles. The first-order chi connectivity index (χ1) is 9.51. The highest BCUT2D eigenvalue weighted by molar-refractivity contribution is 9.10. The molecule has 2 aromatic rings. The van der Waals surface area contributed by atoms with Gasteiger partial charge in [-0.15, -0.1) is 0 Å². The van der Waals surface area contributed by atoms with Crippen molar-refractivity contribution in [2.45, 2.75) is 0 Å². The number of benzene rings is 2. The zero-order chi connectivity index (χ0) is 14.7. The van der Waals surface area contributed by atoms with E-state index < -0.39 is 0 Å². The van der Waals surface area contributed by atoms with Crippen molar-refractivity contribution in [1.82, 2.24) is 0 Å². The normalized spacial score (nSPS) is 9.90. The second kappa shape index (κ2) is 6.27. The average molecular weight is 370 g/mol. The Balaban J connectivity index is 2.23. The molecule has 2 aromatic carbocycles. The number of rotatable bonds is 2. The van der Waals surface area contributed by atoms with Crippen molar-refractivity contribution < 1.29 is 4.79 Å². The molecule has 0 spiro atoms. The number of amides is 1. The van der Waals surface area contributed by atoms with Crippen LogP contribution >= 0.6 is 39.1 Å². The molecule has 0 unspecified atom stereocenters. The van der Waals surface area contributed by atoms with Gasteiger partial charge < -0.3 is 5.32 Å². The minimum Gasteiger partial charge on any atom is -0.322 e. The number of carbonyl (C=O) groups excluding carboxylic acids is 1. The molecule has 100 valence electrons. The molecule has 0 fully saturated rings. The maximum absolute atomic E-state index is 12.1. The maximum Gasteiger partial charge on any atom is 0.255 e. The van der Waals surface area contributed by atoms with E-state index in [2.05, 4.69) is 21.2 Å². The fourth-order valence-corrected chi connectivity index (χ4v) is 2.19. The molecule has 2 rings (SSSR count). The minimum absolute atomic E-state index is 0.298. The Morgan fingerprint density at radius 3 is 2.50 bits per heavy atom. The third kappa shape index (κ3) is 3.31. The van der Waals surface area contributed by atoms with Crippen molar-refractivity contribution in [1.29, 1.82) is 5.26 Å². The van der Waals surface area contributed by atoms with E-state index in [9.17, 15) is 4.79 Å². The standard InChI is InChI=1S/C14H7BrCl2N2O/c15-11-6-8(1-3-13(11)17)14(20)19-10-2-4-12(16)9(5-10)7-18/h1-6H,(H,19,20). The van der Waals surface area contributed by atoms with E-state index in [1.807, 2.05) is 6.07 Å². The highest BCUT2D eigenvalue weighted by Gasteiger charge is 2.09. The lowest BCUT2D eigenvalue weighted by Gasteiger charge is -2.07. The summed E-state index contributed by atoms with van der Waals surface area (Å²) in [5.41, 5.74) is 1.26. The van der Waals surface area contributed by atoms with E-state index in [0.717, 1.165) is 0 Å². The highest BCUT2D eigenvalue weighted by Crippen LogP contribution is 2.24. The average Bonchev–Trinajstić information content (AvgIpc) is 2.43. The summed E-state index contributed by atoms with van der Waals surface area (Å²) in [4.78, 5) is 12.1. The van der Waals surface area contributed by atoms with Gasteiger partial charge in [0.05, 0.1) is 15.6 Å². The summed E-state index contributed by atoms with van der Waals surface area (Å²) in [6.45, 7) is 0. The molecule has 0 aliphatic heterocycles. The van der Waals surface area contributed by atoms with Gasteiger partial charge >= 0.3 is 0 Å². The van der Waals surface area contributed by atoms with Crippen LogP contribution in [0.2, 0.25) is 10.0 Å². The summed E-state index contributed by atoms with van der Waals surface area (Å²) in [5, 5.41) is 12.5. The summed E-state index contributed by atoms with van der Waals surface area (Å²) in [5.74, 6) is -0.298. The summed E-state index contributed by atoms with van der Waals surface area (Å²) in [6.07, 6.45) is 0. The van der Waals surface area contributed by atoms with Crippen LogP contribution in [-0.2, 0) is 0 Å². The van der Waals surface area contributed by atoms with Crippen LogP contribution in [0.5, 0.6) is 0 Å². The Kier molecular flexibility index (Phi) is 4.66. The molecule has 0 aliphatic rings.